The molecule has 18 heteroatoms. The minimum atomic E-state index is 0.403. The highest BCUT2D eigenvalue weighted by molar-refractivity contribution is 6.30. The first-order chi connectivity index (χ1) is 42.5. The molecule has 0 spiro atoms. The van der Waals surface area contributed by atoms with Crippen LogP contribution in [0.3, 0.4) is 0 Å². The van der Waals surface area contributed by atoms with Gasteiger partial charge in [0.25, 0.3) is 0 Å². The van der Waals surface area contributed by atoms with E-state index in [0.29, 0.717) is 106 Å². The number of aromatic amines is 4. The van der Waals surface area contributed by atoms with Crippen molar-refractivity contribution in [3.8, 4) is 51.3 Å². The topological polar surface area (TPSA) is 224 Å². The van der Waals surface area contributed by atoms with Crippen LogP contribution in [0.5, 0.6) is 5.75 Å². The minimum Gasteiger partial charge on any atom is -0.493 e. The zero-order chi connectivity index (χ0) is 57.0. The van der Waals surface area contributed by atoms with Crippen molar-refractivity contribution in [3.05, 3.63) is 210 Å². The van der Waals surface area contributed by atoms with E-state index in [1.165, 1.54) is 0 Å². The van der Waals surface area contributed by atoms with E-state index in [9.17, 15) is 0 Å². The number of amidine groups is 4. The Morgan fingerprint density at radius 1 is 0.360 bits per heavy atom. The first kappa shape index (κ1) is 48.9. The monoisotopic (exact) mass is 1120 g/mol. The zero-order valence-corrected chi connectivity index (χ0v) is 46.0. The SMILES string of the molecule is CCOc1cccc2c3[nH]c(c12)/N=C1\N=C(Nc2[nH]c(c4ccccc24)/N=C2\N=C(c4ccccc42)N3OCC)c2ccccc21.c1ccc2c(c1)-c1nc-2nc2[nH]c(nc3nc(nc4[nH]c(n1)c1ccccc41)-c1ccccc1-3)c1ccccc21. The Morgan fingerprint density at radius 2 is 0.802 bits per heavy atom. The molecule has 0 unspecified atom stereocenters. The second-order valence-electron chi connectivity index (χ2n) is 20.8. The number of nitrogens with one attached hydrogen (secondary N) is 5. The predicted octanol–water partition coefficient (Wildman–Crippen LogP) is 14.5. The number of H-pyrrole nitrogens is 4. The molecule has 13 aromatic rings. The number of anilines is 2. The third-order valence-corrected chi connectivity index (χ3v) is 15.8. The van der Waals surface area contributed by atoms with Gasteiger partial charge >= 0.3 is 0 Å². The van der Waals surface area contributed by atoms with E-state index in [1.807, 2.05) is 184 Å². The van der Waals surface area contributed by atoms with Crippen molar-refractivity contribution < 1.29 is 9.57 Å². The average molecular weight is 1120 g/mol. The average Bonchev–Trinajstić information content (AvgIpc) is 1.91. The number of fused-ring (bicyclic) bond motifs is 38. The number of aromatic nitrogens is 10. The standard InChI is InChI=1S/C36H28N8O2.C32H18N8/c1-3-45-27-19-11-18-26-28(27)34-41-32-23-15-8-7-14-22(23)30(39-32)37-29-20-12-5-6-13-21(20)31(38-29)40-33-24-16-9-10-17-25(24)35(42-33)44(46-4-2)36(26)43-34;1-2-10-18-17(9-1)25-33-26(18)38-28-21-13-5-6-14-22(21)30(35-28)40-32-24-16-8-7-15-23(24)31(36-32)39-29-20-12-4-3-11-19(20)27(34-29)37-25/h5-19,38,43H,3-4H2,1-2H3,(H,37,39,41);1-16H,(H2,33,34,35,36,37,38,39,40)/b40-33-;. The number of rotatable bonds is 4. The second-order valence-corrected chi connectivity index (χ2v) is 20.8. The molecule has 5 aromatic heterocycles. The molecule has 0 amide bonds. The van der Waals surface area contributed by atoms with Gasteiger partial charge in [-0.15, -0.1) is 0 Å². The van der Waals surface area contributed by atoms with Gasteiger partial charge in [-0.1, -0.05) is 182 Å². The number of hydrogen-bond acceptors (Lipinski definition) is 14. The Kier molecular flexibility index (Phi) is 11.1. The second kappa shape index (κ2) is 19.4. The number of nitrogens with zero attached hydrogens (tertiary/aromatic N) is 11. The molecule has 0 atom stereocenters. The summed E-state index contributed by atoms with van der Waals surface area (Å²) in [6, 6.07) is 62.5. The highest BCUT2D eigenvalue weighted by Crippen LogP contribution is 2.44. The van der Waals surface area contributed by atoms with Crippen LogP contribution in [0.15, 0.2) is 208 Å². The largest absolute Gasteiger partial charge is 0.493 e. The van der Waals surface area contributed by atoms with Crippen molar-refractivity contribution >= 4 is 112 Å². The fraction of sp³-hybridized carbons (Fsp3) is 0.0588. The predicted molar refractivity (Wildman–Crippen MR) is 340 cm³/mol. The van der Waals surface area contributed by atoms with E-state index >= 15 is 0 Å². The van der Waals surface area contributed by atoms with Crippen LogP contribution in [0, 0.1) is 0 Å². The number of ether oxygens (including phenoxy) is 1. The Morgan fingerprint density at radius 3 is 1.34 bits per heavy atom. The summed E-state index contributed by atoms with van der Waals surface area (Å²) in [6.45, 7) is 4.84. The van der Waals surface area contributed by atoms with Crippen LogP contribution in [-0.4, -0.2) is 86.4 Å². The Bertz CT molecular complexity index is 5030. The molecule has 410 valence electrons. The van der Waals surface area contributed by atoms with Gasteiger partial charge in [-0.25, -0.2) is 49.9 Å². The van der Waals surface area contributed by atoms with Crippen LogP contribution in [0.25, 0.3) is 111 Å². The molecule has 18 rings (SSSR count). The van der Waals surface area contributed by atoms with Crippen molar-refractivity contribution in [2.24, 2.45) is 20.0 Å². The van der Waals surface area contributed by atoms with E-state index < -0.39 is 0 Å². The van der Waals surface area contributed by atoms with Gasteiger partial charge in [0.05, 0.1) is 18.6 Å². The van der Waals surface area contributed by atoms with Crippen LogP contribution in [0.4, 0.5) is 23.3 Å². The van der Waals surface area contributed by atoms with Gasteiger partial charge < -0.3 is 30.0 Å². The van der Waals surface area contributed by atoms with Gasteiger partial charge in [-0.2, -0.15) is 5.06 Å². The molecule has 5 aliphatic heterocycles. The third kappa shape index (κ3) is 7.77. The van der Waals surface area contributed by atoms with Crippen molar-refractivity contribution in [1.82, 2.24) is 49.8 Å². The van der Waals surface area contributed by atoms with Crippen LogP contribution >= 0.6 is 0 Å². The smallest absolute Gasteiger partial charge is 0.170 e. The molecular weight excluding hydrogens is 1070 g/mol. The van der Waals surface area contributed by atoms with Crippen molar-refractivity contribution in [1.29, 1.82) is 0 Å². The lowest BCUT2D eigenvalue weighted by molar-refractivity contribution is 0.156. The number of aliphatic imine (C=N–C) groups is 4. The summed E-state index contributed by atoms with van der Waals surface area (Å²) in [5.41, 5.74) is 10.1. The molecule has 0 saturated carbocycles. The molecule has 0 fully saturated rings. The van der Waals surface area contributed by atoms with Crippen molar-refractivity contribution in [2.45, 2.75) is 13.8 Å². The maximum Gasteiger partial charge on any atom is 0.170 e. The number of hydroxylamine groups is 1. The number of benzene rings is 8. The molecule has 18 nitrogen and oxygen atoms in total. The Hall–Kier alpha value is -11.8. The molecule has 0 saturated heterocycles. The van der Waals surface area contributed by atoms with Gasteiger partial charge in [-0.05, 0) is 19.9 Å². The van der Waals surface area contributed by atoms with Crippen LogP contribution < -0.4 is 15.1 Å². The molecule has 0 aliphatic carbocycles. The maximum atomic E-state index is 6.38. The third-order valence-electron chi connectivity index (χ3n) is 15.8. The summed E-state index contributed by atoms with van der Waals surface area (Å²) < 4.78 is 6.14. The van der Waals surface area contributed by atoms with Gasteiger partial charge in [0.15, 0.2) is 40.8 Å². The summed E-state index contributed by atoms with van der Waals surface area (Å²) >= 11 is 0. The van der Waals surface area contributed by atoms with Crippen LogP contribution in [0.1, 0.15) is 36.1 Å². The fourth-order valence-corrected chi connectivity index (χ4v) is 12.0. The van der Waals surface area contributed by atoms with E-state index in [4.69, 9.17) is 59.4 Å². The molecule has 0 radical (unpaired) electrons. The summed E-state index contributed by atoms with van der Waals surface area (Å²) in [7, 11) is 0. The lowest BCUT2D eigenvalue weighted by atomic mass is 10.1. The minimum absolute atomic E-state index is 0.403. The van der Waals surface area contributed by atoms with Crippen molar-refractivity contribution in [3.63, 3.8) is 0 Å². The molecule has 8 aromatic carbocycles. The van der Waals surface area contributed by atoms with Gasteiger partial charge in [0, 0.05) is 82.2 Å². The highest BCUT2D eigenvalue weighted by atomic mass is 16.7. The quantitative estimate of drug-likeness (QED) is 0.112. The fourth-order valence-electron chi connectivity index (χ4n) is 12.0. The van der Waals surface area contributed by atoms with E-state index in [-0.39, 0.29) is 0 Å². The molecule has 5 N–H and O–H groups in total. The van der Waals surface area contributed by atoms with Gasteiger partial charge in [0.2, 0.25) is 0 Å². The number of hydrogen-bond donors (Lipinski definition) is 5. The summed E-state index contributed by atoms with van der Waals surface area (Å²) in [5.74, 6) is 8.34. The summed E-state index contributed by atoms with van der Waals surface area (Å²) in [6.07, 6.45) is 0. The van der Waals surface area contributed by atoms with Gasteiger partial charge in [-0.3, -0.25) is 4.84 Å². The molecular formula is C68H46N16O2. The first-order valence-electron chi connectivity index (χ1n) is 28.3. The van der Waals surface area contributed by atoms with E-state index in [1.54, 1.807) is 5.06 Å². The van der Waals surface area contributed by atoms with Crippen LogP contribution in [0.2, 0.25) is 0 Å². The summed E-state index contributed by atoms with van der Waals surface area (Å²) in [5, 5.41) is 12.8. The lowest BCUT2D eigenvalue weighted by Crippen LogP contribution is -2.31. The first-order valence-corrected chi connectivity index (χ1v) is 28.3. The Balaban J connectivity index is 0.000000136. The Labute approximate surface area is 488 Å². The normalized spacial score (nSPS) is 14.7. The van der Waals surface area contributed by atoms with Crippen LogP contribution in [-0.2, 0) is 4.84 Å². The van der Waals surface area contributed by atoms with Crippen molar-refractivity contribution in [2.75, 3.05) is 23.6 Å². The molecule has 16 bridgehead atoms. The summed E-state index contributed by atoms with van der Waals surface area (Å²) in [4.78, 5) is 70.7. The molecule has 5 aliphatic rings. The zero-order valence-electron chi connectivity index (χ0n) is 46.0. The lowest BCUT2D eigenvalue weighted by Gasteiger charge is -2.22. The van der Waals surface area contributed by atoms with E-state index in [0.717, 1.165) is 93.4 Å². The molecule has 86 heavy (non-hydrogen) atoms. The van der Waals surface area contributed by atoms with E-state index in [2.05, 4.69) is 43.5 Å². The van der Waals surface area contributed by atoms with Gasteiger partial charge in [0.1, 0.15) is 57.4 Å². The molecule has 10 heterocycles. The maximum absolute atomic E-state index is 6.38. The highest BCUT2D eigenvalue weighted by Gasteiger charge is 2.33.